The second-order valence-electron chi connectivity index (χ2n) is 7.22. The average molecular weight is 352 g/mol. The number of urea groups is 1. The second kappa shape index (κ2) is 8.21. The van der Waals surface area contributed by atoms with E-state index in [1.807, 2.05) is 19.2 Å². The fourth-order valence-corrected chi connectivity index (χ4v) is 3.06. The van der Waals surface area contributed by atoms with E-state index in [1.54, 1.807) is 4.90 Å². The van der Waals surface area contributed by atoms with Gasteiger partial charge in [0.1, 0.15) is 5.82 Å². The number of nitrogens with one attached hydrogen (secondary N) is 2. The van der Waals surface area contributed by atoms with Crippen LogP contribution in [0.25, 0.3) is 0 Å². The molecule has 1 aromatic heterocycles. The first kappa shape index (κ1) is 18.2. The van der Waals surface area contributed by atoms with Crippen LogP contribution in [-0.4, -0.2) is 36.1 Å². The quantitative estimate of drug-likeness (QED) is 0.845. The van der Waals surface area contributed by atoms with Crippen molar-refractivity contribution in [2.75, 3.05) is 30.8 Å². The molecule has 0 spiro atoms. The number of aryl methyl sites for hydroxylation is 1. The lowest BCUT2D eigenvalue weighted by Gasteiger charge is -2.20. The van der Waals surface area contributed by atoms with Crippen molar-refractivity contribution >= 4 is 17.5 Å². The molecule has 5 nitrogen and oxygen atoms in total. The summed E-state index contributed by atoms with van der Waals surface area (Å²) in [6.45, 7) is 5.93. The maximum absolute atomic E-state index is 12.4. The van der Waals surface area contributed by atoms with Gasteiger partial charge in [-0.25, -0.2) is 9.78 Å². The van der Waals surface area contributed by atoms with Crippen molar-refractivity contribution in [1.82, 2.24) is 9.88 Å². The molecule has 26 heavy (non-hydrogen) atoms. The average Bonchev–Trinajstić information content (AvgIpc) is 2.66. The Labute approximate surface area is 155 Å². The topological polar surface area (TPSA) is 57.3 Å². The molecule has 2 heterocycles. The van der Waals surface area contributed by atoms with Crippen molar-refractivity contribution in [3.63, 3.8) is 0 Å². The molecule has 2 amide bonds. The van der Waals surface area contributed by atoms with Gasteiger partial charge in [-0.05, 0) is 48.1 Å². The van der Waals surface area contributed by atoms with Crippen molar-refractivity contribution in [3.8, 4) is 0 Å². The number of benzene rings is 1. The molecule has 0 saturated heterocycles. The molecule has 0 radical (unpaired) electrons. The number of nitrogens with zero attached hydrogens (tertiary/aromatic N) is 2. The van der Waals surface area contributed by atoms with Crippen molar-refractivity contribution < 1.29 is 4.79 Å². The zero-order valence-electron chi connectivity index (χ0n) is 15.9. The molecule has 0 unspecified atom stereocenters. The monoisotopic (exact) mass is 352 g/mol. The summed E-state index contributed by atoms with van der Waals surface area (Å²) >= 11 is 0. The second-order valence-corrected chi connectivity index (χ2v) is 7.22. The number of fused-ring (bicyclic) bond motifs is 1. The first-order valence-corrected chi connectivity index (χ1v) is 9.37. The van der Waals surface area contributed by atoms with E-state index >= 15 is 0 Å². The van der Waals surface area contributed by atoms with E-state index in [-0.39, 0.29) is 6.03 Å². The van der Waals surface area contributed by atoms with E-state index in [0.717, 1.165) is 43.0 Å². The third-order valence-electron chi connectivity index (χ3n) is 4.83. The number of likely N-dealkylation sites (N-methyl/N-ethyl adjacent to an activating group) is 1. The highest BCUT2D eigenvalue weighted by molar-refractivity contribution is 5.89. The largest absolute Gasteiger partial charge is 0.370 e. The fourth-order valence-electron chi connectivity index (χ4n) is 3.06. The van der Waals surface area contributed by atoms with Gasteiger partial charge in [0.05, 0.1) is 0 Å². The number of hydrogen-bond acceptors (Lipinski definition) is 3. The normalized spacial score (nSPS) is 13.1. The summed E-state index contributed by atoms with van der Waals surface area (Å²) in [4.78, 5) is 18.8. The van der Waals surface area contributed by atoms with Gasteiger partial charge in [0.25, 0.3) is 0 Å². The van der Waals surface area contributed by atoms with Gasteiger partial charge in [-0.2, -0.15) is 0 Å². The van der Waals surface area contributed by atoms with Gasteiger partial charge in [-0.1, -0.05) is 32.0 Å². The maximum atomic E-state index is 12.4. The molecule has 5 heteroatoms. The van der Waals surface area contributed by atoms with Gasteiger partial charge in [0, 0.05) is 37.9 Å². The van der Waals surface area contributed by atoms with Crippen LogP contribution in [0.5, 0.6) is 0 Å². The van der Waals surface area contributed by atoms with Crippen molar-refractivity contribution in [2.24, 2.45) is 0 Å². The Morgan fingerprint density at radius 1 is 1.23 bits per heavy atom. The molecule has 1 aliphatic rings. The summed E-state index contributed by atoms with van der Waals surface area (Å²) in [7, 11) is 1.81. The van der Waals surface area contributed by atoms with Gasteiger partial charge in [-0.15, -0.1) is 0 Å². The minimum absolute atomic E-state index is 0.0987. The lowest BCUT2D eigenvalue weighted by atomic mass is 10.0. The van der Waals surface area contributed by atoms with E-state index < -0.39 is 0 Å². The van der Waals surface area contributed by atoms with Crippen molar-refractivity contribution in [2.45, 2.75) is 39.0 Å². The number of pyridine rings is 1. The van der Waals surface area contributed by atoms with E-state index in [9.17, 15) is 4.79 Å². The Bertz CT molecular complexity index is 755. The molecule has 0 atom stereocenters. The Morgan fingerprint density at radius 2 is 2.00 bits per heavy atom. The van der Waals surface area contributed by atoms with Crippen LogP contribution in [0.2, 0.25) is 0 Å². The number of anilines is 2. The third-order valence-corrected chi connectivity index (χ3v) is 4.83. The van der Waals surface area contributed by atoms with Crippen LogP contribution in [0.15, 0.2) is 36.4 Å². The summed E-state index contributed by atoms with van der Waals surface area (Å²) in [6.07, 6.45) is 2.99. The van der Waals surface area contributed by atoms with Gasteiger partial charge < -0.3 is 15.5 Å². The van der Waals surface area contributed by atoms with Crippen LogP contribution in [0.4, 0.5) is 16.3 Å². The number of aromatic nitrogens is 1. The number of hydrogen-bond donors (Lipinski definition) is 2. The van der Waals surface area contributed by atoms with Crippen molar-refractivity contribution in [1.29, 1.82) is 0 Å². The zero-order chi connectivity index (χ0) is 18.5. The Balaban J connectivity index is 1.52. The van der Waals surface area contributed by atoms with Gasteiger partial charge in [0.2, 0.25) is 0 Å². The van der Waals surface area contributed by atoms with E-state index in [0.29, 0.717) is 12.5 Å². The molecule has 2 N–H and O–H groups in total. The summed E-state index contributed by atoms with van der Waals surface area (Å²) in [5.74, 6) is 1.49. The maximum Gasteiger partial charge on any atom is 0.321 e. The highest BCUT2D eigenvalue weighted by Gasteiger charge is 2.12. The third kappa shape index (κ3) is 4.54. The number of rotatable bonds is 5. The van der Waals surface area contributed by atoms with E-state index in [1.165, 1.54) is 11.1 Å². The predicted molar refractivity (Wildman–Crippen MR) is 107 cm³/mol. The molecule has 0 fully saturated rings. The fraction of sp³-hybridized carbons (Fsp3) is 0.429. The number of carbonyl (C=O) groups excluding carboxylic acids is 1. The lowest BCUT2D eigenvalue weighted by molar-refractivity contribution is 0.223. The van der Waals surface area contributed by atoms with Gasteiger partial charge in [0.15, 0.2) is 0 Å². The Kier molecular flexibility index (Phi) is 5.76. The minimum Gasteiger partial charge on any atom is -0.370 e. The molecule has 0 saturated carbocycles. The molecule has 0 bridgehead atoms. The SMILES string of the molecule is CC(C)c1ccc(NC(=O)N(C)CCc2ccc3c(n2)NCCC3)cc1. The highest BCUT2D eigenvalue weighted by Crippen LogP contribution is 2.20. The van der Waals surface area contributed by atoms with Gasteiger partial charge >= 0.3 is 6.03 Å². The lowest BCUT2D eigenvalue weighted by Crippen LogP contribution is -2.33. The van der Waals surface area contributed by atoms with Crippen LogP contribution < -0.4 is 10.6 Å². The molecular weight excluding hydrogens is 324 g/mol. The first-order chi connectivity index (χ1) is 12.5. The summed E-state index contributed by atoms with van der Waals surface area (Å²) in [5, 5.41) is 6.30. The van der Waals surface area contributed by atoms with Crippen molar-refractivity contribution in [3.05, 3.63) is 53.2 Å². The summed E-state index contributed by atoms with van der Waals surface area (Å²) in [5.41, 5.74) is 4.39. The molecule has 1 aliphatic heterocycles. The molecule has 0 aliphatic carbocycles. The smallest absolute Gasteiger partial charge is 0.321 e. The molecule has 2 aromatic rings. The van der Waals surface area contributed by atoms with E-state index in [4.69, 9.17) is 0 Å². The highest BCUT2D eigenvalue weighted by atomic mass is 16.2. The standard InChI is InChI=1S/C21H28N4O/c1-15(2)16-6-9-18(10-7-16)24-21(26)25(3)14-12-19-11-8-17-5-4-13-22-20(17)23-19/h6-11,15H,4-5,12-14H2,1-3H3,(H,22,23)(H,24,26). The Hall–Kier alpha value is -2.56. The number of carbonyl (C=O) groups is 1. The first-order valence-electron chi connectivity index (χ1n) is 9.37. The van der Waals surface area contributed by atoms with E-state index in [2.05, 4.69) is 53.7 Å². The van der Waals surface area contributed by atoms with Crippen LogP contribution >= 0.6 is 0 Å². The van der Waals surface area contributed by atoms with Gasteiger partial charge in [-0.3, -0.25) is 0 Å². The summed E-state index contributed by atoms with van der Waals surface area (Å²) < 4.78 is 0. The van der Waals surface area contributed by atoms with Crippen LogP contribution in [0.3, 0.4) is 0 Å². The summed E-state index contributed by atoms with van der Waals surface area (Å²) in [6, 6.07) is 12.2. The zero-order valence-corrected chi connectivity index (χ0v) is 15.9. The van der Waals surface area contributed by atoms with Crippen LogP contribution in [0.1, 0.15) is 43.0 Å². The molecule has 3 rings (SSSR count). The van der Waals surface area contributed by atoms with Crippen LogP contribution in [-0.2, 0) is 12.8 Å². The molecule has 1 aromatic carbocycles. The predicted octanol–water partition coefficient (Wildman–Crippen LogP) is 4.27. The molecule has 138 valence electrons. The van der Waals surface area contributed by atoms with Crippen LogP contribution in [0, 0.1) is 0 Å². The minimum atomic E-state index is -0.0987. The molecular formula is C21H28N4O. The number of amides is 2. The Morgan fingerprint density at radius 3 is 2.73 bits per heavy atom.